The largest absolute Gasteiger partial charge is 0.383 e. The van der Waals surface area contributed by atoms with Gasteiger partial charge in [0.15, 0.2) is 0 Å². The van der Waals surface area contributed by atoms with Gasteiger partial charge in [0.25, 0.3) is 0 Å². The van der Waals surface area contributed by atoms with Crippen molar-refractivity contribution in [3.05, 3.63) is 113 Å². The molecule has 4 N–H and O–H groups in total. The molecule has 0 aliphatic rings. The number of aromatic nitrogens is 4. The third-order valence-corrected chi connectivity index (χ3v) is 7.54. The lowest BCUT2D eigenvalue weighted by atomic mass is 9.91. The number of allylic oxidation sites excluding steroid dienone is 4. The standard InChI is InChI=1S/C33H38N6S/c1-9-10-27(29-12-11-28(40-29)20(2)3)31-22(5)38-30(39-31)15-23-13-24(18-36-32(23)34)25-14-26(19-35-17-25)37-21(4)16-33(6,7)8/h9-14,17-19,37H,1-2,4,15-16H2,3,5-8H3,(H2,34,36)(H,38,39)/b27-10-. The van der Waals surface area contributed by atoms with Crippen LogP contribution in [0, 0.1) is 12.3 Å². The van der Waals surface area contributed by atoms with Crippen molar-refractivity contribution in [2.24, 2.45) is 5.41 Å². The SMILES string of the molecule is C=C/C=C(/c1ccc(C(=C)C)s1)c1nc(Cc2cc(-c3cncc(NC(=C)CC(C)(C)C)c3)cnc2N)[nH]c1C. The lowest BCUT2D eigenvalue weighted by Gasteiger charge is -2.20. The Morgan fingerprint density at radius 2 is 1.82 bits per heavy atom. The Morgan fingerprint density at radius 1 is 1.10 bits per heavy atom. The first-order chi connectivity index (χ1) is 18.9. The predicted octanol–water partition coefficient (Wildman–Crippen LogP) is 8.42. The average Bonchev–Trinajstić information content (AvgIpc) is 3.50. The van der Waals surface area contributed by atoms with Crippen molar-refractivity contribution in [1.82, 2.24) is 19.9 Å². The molecule has 0 bridgehead atoms. The molecule has 0 radical (unpaired) electrons. The topological polar surface area (TPSA) is 92.5 Å². The maximum atomic E-state index is 6.32. The van der Waals surface area contributed by atoms with E-state index in [0.29, 0.717) is 12.2 Å². The van der Waals surface area contributed by atoms with Crippen LogP contribution in [-0.4, -0.2) is 19.9 Å². The number of pyridine rings is 2. The van der Waals surface area contributed by atoms with Crippen molar-refractivity contribution in [2.75, 3.05) is 11.1 Å². The van der Waals surface area contributed by atoms with Crippen molar-refractivity contribution in [3.8, 4) is 11.1 Å². The van der Waals surface area contributed by atoms with E-state index in [1.807, 2.05) is 26.1 Å². The van der Waals surface area contributed by atoms with Crippen molar-refractivity contribution in [3.63, 3.8) is 0 Å². The highest BCUT2D eigenvalue weighted by atomic mass is 32.1. The second-order valence-electron chi connectivity index (χ2n) is 11.3. The van der Waals surface area contributed by atoms with Gasteiger partial charge in [0.05, 0.1) is 17.6 Å². The lowest BCUT2D eigenvalue weighted by molar-refractivity contribution is 0.411. The van der Waals surface area contributed by atoms with Gasteiger partial charge in [0, 0.05) is 62.2 Å². The summed E-state index contributed by atoms with van der Waals surface area (Å²) in [7, 11) is 0. The zero-order chi connectivity index (χ0) is 29.0. The van der Waals surface area contributed by atoms with E-state index < -0.39 is 0 Å². The first kappa shape index (κ1) is 28.8. The number of nitrogens with zero attached hydrogens (tertiary/aromatic N) is 3. The number of H-pyrrole nitrogens is 1. The second kappa shape index (κ2) is 11.9. The van der Waals surface area contributed by atoms with E-state index in [2.05, 4.69) is 85.0 Å². The molecule has 6 nitrogen and oxygen atoms in total. The Morgan fingerprint density at radius 3 is 2.50 bits per heavy atom. The molecule has 0 fully saturated rings. The molecule has 0 aliphatic carbocycles. The molecule has 0 atom stereocenters. The summed E-state index contributed by atoms with van der Waals surface area (Å²) in [5, 5.41) is 3.39. The molecule has 0 saturated heterocycles. The van der Waals surface area contributed by atoms with Gasteiger partial charge in [0.1, 0.15) is 11.6 Å². The van der Waals surface area contributed by atoms with Gasteiger partial charge in [-0.05, 0) is 55.5 Å². The van der Waals surface area contributed by atoms with Gasteiger partial charge in [0.2, 0.25) is 0 Å². The molecule has 7 heteroatoms. The fourth-order valence-corrected chi connectivity index (χ4v) is 5.49. The smallest absolute Gasteiger partial charge is 0.127 e. The number of aromatic amines is 1. The zero-order valence-electron chi connectivity index (χ0n) is 24.1. The summed E-state index contributed by atoms with van der Waals surface area (Å²) in [4.78, 5) is 19.6. The fourth-order valence-electron chi connectivity index (χ4n) is 4.53. The molecule has 4 aromatic heterocycles. The van der Waals surface area contributed by atoms with Gasteiger partial charge < -0.3 is 16.0 Å². The monoisotopic (exact) mass is 550 g/mol. The number of aryl methyl sites for hydroxylation is 1. The van der Waals surface area contributed by atoms with Gasteiger partial charge in [-0.1, -0.05) is 52.7 Å². The summed E-state index contributed by atoms with van der Waals surface area (Å²) in [6, 6.07) is 8.32. The van der Waals surface area contributed by atoms with Gasteiger partial charge in [-0.15, -0.1) is 11.3 Å². The van der Waals surface area contributed by atoms with E-state index in [1.165, 1.54) is 0 Å². The Kier molecular flexibility index (Phi) is 8.55. The number of nitrogen functional groups attached to an aromatic ring is 1. The van der Waals surface area contributed by atoms with Crippen LogP contribution in [0.1, 0.15) is 66.6 Å². The molecule has 0 aromatic carbocycles. The quantitative estimate of drug-likeness (QED) is 0.172. The highest BCUT2D eigenvalue weighted by Gasteiger charge is 2.17. The summed E-state index contributed by atoms with van der Waals surface area (Å²) in [6.45, 7) is 22.8. The molecule has 0 spiro atoms. The number of nitrogens with one attached hydrogen (secondary N) is 2. The molecule has 206 valence electrons. The second-order valence-corrected chi connectivity index (χ2v) is 12.4. The predicted molar refractivity (Wildman–Crippen MR) is 171 cm³/mol. The molecule has 40 heavy (non-hydrogen) atoms. The summed E-state index contributed by atoms with van der Waals surface area (Å²) in [5.74, 6) is 1.29. The van der Waals surface area contributed by atoms with E-state index in [9.17, 15) is 0 Å². The van der Waals surface area contributed by atoms with E-state index in [4.69, 9.17) is 10.7 Å². The van der Waals surface area contributed by atoms with Crippen LogP contribution < -0.4 is 11.1 Å². The van der Waals surface area contributed by atoms with Crippen LogP contribution in [0.2, 0.25) is 0 Å². The fraction of sp³-hybridized carbons (Fsp3) is 0.242. The molecule has 4 heterocycles. The molecule has 0 amide bonds. The first-order valence-electron chi connectivity index (χ1n) is 13.2. The number of hydrogen-bond acceptors (Lipinski definition) is 6. The van der Waals surface area contributed by atoms with E-state index in [-0.39, 0.29) is 5.41 Å². The van der Waals surface area contributed by atoms with Gasteiger partial charge in [-0.2, -0.15) is 0 Å². The molecule has 0 saturated carbocycles. The highest BCUT2D eigenvalue weighted by molar-refractivity contribution is 7.14. The van der Waals surface area contributed by atoms with Crippen molar-refractivity contribution < 1.29 is 0 Å². The van der Waals surface area contributed by atoms with Crippen LogP contribution in [0.25, 0.3) is 22.3 Å². The molecule has 4 aromatic rings. The Hall–Kier alpha value is -4.23. The highest BCUT2D eigenvalue weighted by Crippen LogP contribution is 2.33. The van der Waals surface area contributed by atoms with Crippen LogP contribution in [-0.2, 0) is 6.42 Å². The average molecular weight is 551 g/mol. The van der Waals surface area contributed by atoms with Gasteiger partial charge >= 0.3 is 0 Å². The van der Waals surface area contributed by atoms with Crippen LogP contribution >= 0.6 is 11.3 Å². The Balaban J connectivity index is 1.59. The van der Waals surface area contributed by atoms with Crippen LogP contribution in [0.3, 0.4) is 0 Å². The van der Waals surface area contributed by atoms with E-state index in [0.717, 1.165) is 72.6 Å². The minimum absolute atomic E-state index is 0.147. The maximum Gasteiger partial charge on any atom is 0.127 e. The van der Waals surface area contributed by atoms with Crippen LogP contribution in [0.15, 0.2) is 80.4 Å². The van der Waals surface area contributed by atoms with Crippen molar-refractivity contribution in [2.45, 2.75) is 47.5 Å². The molecular weight excluding hydrogens is 512 g/mol. The minimum atomic E-state index is 0.147. The molecular formula is C33H38N6S. The Labute approximate surface area is 241 Å². The number of hydrogen-bond donors (Lipinski definition) is 3. The molecule has 0 aliphatic heterocycles. The number of nitrogens with two attached hydrogens (primary N) is 1. The number of thiophene rings is 1. The van der Waals surface area contributed by atoms with Crippen LogP contribution in [0.5, 0.6) is 0 Å². The number of rotatable bonds is 10. The van der Waals surface area contributed by atoms with E-state index >= 15 is 0 Å². The zero-order valence-corrected chi connectivity index (χ0v) is 24.9. The summed E-state index contributed by atoms with van der Waals surface area (Å²) >= 11 is 1.70. The summed E-state index contributed by atoms with van der Waals surface area (Å²) in [5.41, 5.74) is 15.0. The number of anilines is 2. The first-order valence-corrected chi connectivity index (χ1v) is 14.0. The minimum Gasteiger partial charge on any atom is -0.383 e. The normalized spacial score (nSPS) is 11.9. The third kappa shape index (κ3) is 7.04. The van der Waals surface area contributed by atoms with Gasteiger partial charge in [-0.3, -0.25) is 4.98 Å². The third-order valence-electron chi connectivity index (χ3n) is 6.26. The number of imidazole rings is 1. The van der Waals surface area contributed by atoms with Crippen LogP contribution in [0.4, 0.5) is 11.5 Å². The molecule has 0 unspecified atom stereocenters. The Bertz CT molecular complexity index is 1600. The lowest BCUT2D eigenvalue weighted by Crippen LogP contribution is -2.10. The van der Waals surface area contributed by atoms with Gasteiger partial charge in [-0.25, -0.2) is 9.97 Å². The summed E-state index contributed by atoms with van der Waals surface area (Å²) < 4.78 is 0. The van der Waals surface area contributed by atoms with E-state index in [1.54, 1.807) is 29.8 Å². The van der Waals surface area contributed by atoms with Crippen molar-refractivity contribution in [1.29, 1.82) is 0 Å². The van der Waals surface area contributed by atoms with Crippen molar-refractivity contribution >= 4 is 34.0 Å². The maximum absolute atomic E-state index is 6.32. The molecule has 4 rings (SSSR count). The summed E-state index contributed by atoms with van der Waals surface area (Å²) in [6.07, 6.45) is 10.6.